The fraction of sp³-hybridized carbons (Fsp3) is 0.792. The Balaban J connectivity index is -0.000000202. The maximum atomic E-state index is 11.1. The van der Waals surface area contributed by atoms with Gasteiger partial charge in [0.1, 0.15) is 5.54 Å². The second-order valence-electron chi connectivity index (χ2n) is 8.34. The molecule has 1 rings (SSSR count). The Kier molecular flexibility index (Phi) is 25.1. The van der Waals surface area contributed by atoms with Gasteiger partial charge in [0, 0.05) is 11.6 Å². The van der Waals surface area contributed by atoms with Crippen molar-refractivity contribution < 1.29 is 33.8 Å². The van der Waals surface area contributed by atoms with E-state index in [0.29, 0.717) is 12.5 Å². The zero-order chi connectivity index (χ0) is 29.3. The maximum absolute atomic E-state index is 11.1. The number of carboxylic acid groups (broad SMARTS) is 1. The largest absolute Gasteiger partial charge is 0.480 e. The highest BCUT2D eigenvalue weighted by Gasteiger charge is 2.38. The van der Waals surface area contributed by atoms with Crippen LogP contribution in [0.4, 0.5) is 4.79 Å². The van der Waals surface area contributed by atoms with Crippen LogP contribution >= 0.6 is 43.5 Å². The van der Waals surface area contributed by atoms with E-state index in [1.54, 1.807) is 27.7 Å². The minimum atomic E-state index is -1.21. The number of carbonyl (C=O) groups is 4. The van der Waals surface area contributed by atoms with Crippen molar-refractivity contribution in [2.75, 3.05) is 26.2 Å². The van der Waals surface area contributed by atoms with Gasteiger partial charge >= 0.3 is 17.4 Å². The lowest BCUT2D eigenvalue weighted by molar-refractivity contribution is -0.145. The number of hydrogen-bond donors (Lipinski definition) is 2. The van der Waals surface area contributed by atoms with Crippen molar-refractivity contribution in [3.05, 3.63) is 0 Å². The predicted molar refractivity (Wildman–Crippen MR) is 157 cm³/mol. The van der Waals surface area contributed by atoms with Crippen LogP contribution in [0.15, 0.2) is 4.99 Å². The number of halogens is 3. The highest BCUT2D eigenvalue weighted by molar-refractivity contribution is 9.10. The van der Waals surface area contributed by atoms with Crippen LogP contribution in [0.5, 0.6) is 0 Å². The first-order chi connectivity index (χ1) is 16.3. The summed E-state index contributed by atoms with van der Waals surface area (Å²) in [6.45, 7) is 22.0. The second-order valence-corrected chi connectivity index (χ2v) is 11.4. The summed E-state index contributed by atoms with van der Waals surface area (Å²) < 4.78 is 9.07. The standard InChI is InChI=1S/C7H12BrNO3.C7H10BrNO2.C6H15N.C3H5ClO2.CH4/c1-4(8)5(10)9-7(2,3)6(11)12;1-4(8)5-9-7(2,3)6(10)11-5;1-4-7(5-2)6-3;1-2-6-3(4)5;/h4H,1-3H3,(H,9,10)(H,11,12);4H,1-3H3;4-6H2,1-3H3;2H2,1H3;1H4. The molecule has 0 aromatic rings. The number of nitrogens with one attached hydrogen (secondary N) is 1. The maximum Gasteiger partial charge on any atom is 0.403 e. The smallest absolute Gasteiger partial charge is 0.403 e. The molecule has 0 radical (unpaired) electrons. The van der Waals surface area contributed by atoms with Crippen LogP contribution in [0.25, 0.3) is 0 Å². The van der Waals surface area contributed by atoms with Crippen LogP contribution in [-0.4, -0.2) is 86.2 Å². The number of ether oxygens (including phenoxy) is 2. The van der Waals surface area contributed by atoms with Gasteiger partial charge in [-0.15, -0.1) is 0 Å². The summed E-state index contributed by atoms with van der Waals surface area (Å²) >= 11 is 11.0. The third-order valence-electron chi connectivity index (χ3n) is 4.36. The average molecular weight is 684 g/mol. The van der Waals surface area contributed by atoms with E-state index in [1.165, 1.54) is 33.5 Å². The normalized spacial score (nSPS) is 14.9. The molecule has 13 heteroatoms. The van der Waals surface area contributed by atoms with Gasteiger partial charge in [0.2, 0.25) is 11.8 Å². The van der Waals surface area contributed by atoms with Gasteiger partial charge in [0.15, 0.2) is 5.54 Å². The first-order valence-corrected chi connectivity index (χ1v) is 13.7. The molecule has 220 valence electrons. The molecule has 0 fully saturated rings. The van der Waals surface area contributed by atoms with Gasteiger partial charge in [-0.05, 0) is 68.1 Å². The molecule has 37 heavy (non-hydrogen) atoms. The minimum Gasteiger partial charge on any atom is -0.480 e. The first-order valence-electron chi connectivity index (χ1n) is 11.5. The lowest BCUT2D eigenvalue weighted by atomic mass is 10.1. The second kappa shape index (κ2) is 21.7. The van der Waals surface area contributed by atoms with E-state index in [4.69, 9.17) is 21.4 Å². The van der Waals surface area contributed by atoms with Crippen LogP contribution in [0, 0.1) is 0 Å². The Hall–Kier alpha value is -1.24. The van der Waals surface area contributed by atoms with Crippen LogP contribution in [0.1, 0.15) is 76.7 Å². The number of carbonyl (C=O) groups excluding carboxylic acids is 3. The molecular weight excluding hydrogens is 638 g/mol. The summed E-state index contributed by atoms with van der Waals surface area (Å²) in [7, 11) is 0. The Morgan fingerprint density at radius 1 is 1.14 bits per heavy atom. The van der Waals surface area contributed by atoms with Gasteiger partial charge in [0.05, 0.1) is 16.3 Å². The van der Waals surface area contributed by atoms with Crippen molar-refractivity contribution in [3.8, 4) is 0 Å². The molecule has 0 spiro atoms. The molecule has 2 atom stereocenters. The molecule has 0 saturated heterocycles. The van der Waals surface area contributed by atoms with Gasteiger partial charge in [-0.2, -0.15) is 0 Å². The Bertz CT molecular complexity index is 722. The number of aliphatic imine (C=N–C) groups is 1. The zero-order valence-electron chi connectivity index (χ0n) is 22.9. The number of carboxylic acids is 1. The molecular formula is C24H46Br2ClN3O7. The number of esters is 1. The van der Waals surface area contributed by atoms with E-state index < -0.39 is 22.5 Å². The van der Waals surface area contributed by atoms with Gasteiger partial charge in [-0.3, -0.25) is 4.79 Å². The van der Waals surface area contributed by atoms with Crippen molar-refractivity contribution in [2.24, 2.45) is 4.99 Å². The Labute approximate surface area is 244 Å². The van der Waals surface area contributed by atoms with Crippen LogP contribution in [0.3, 0.4) is 0 Å². The summed E-state index contributed by atoms with van der Waals surface area (Å²) in [5, 5.41) is 11.0. The van der Waals surface area contributed by atoms with E-state index in [0.717, 1.165) is 0 Å². The van der Waals surface area contributed by atoms with Gasteiger partial charge in [-0.25, -0.2) is 19.4 Å². The molecule has 1 amide bonds. The number of rotatable bonds is 8. The molecule has 1 heterocycles. The molecule has 2 unspecified atom stereocenters. The average Bonchev–Trinajstić information content (AvgIpc) is 3.03. The molecule has 0 aromatic carbocycles. The van der Waals surface area contributed by atoms with E-state index in [1.807, 2.05) is 6.92 Å². The third kappa shape index (κ3) is 21.4. The lowest BCUT2D eigenvalue weighted by Crippen LogP contribution is -2.51. The molecule has 0 bridgehead atoms. The summed E-state index contributed by atoms with van der Waals surface area (Å²) in [6, 6.07) is 0. The molecule has 1 aliphatic rings. The predicted octanol–water partition coefficient (Wildman–Crippen LogP) is 5.62. The topological polar surface area (TPSA) is 135 Å². The SMILES string of the molecule is C.CC(Br)C(=O)NC(C)(C)C(=O)O.CC(Br)C1=NC(C)(C)C(=O)O1.CCN(CC)CC.CCOC(=O)Cl. The third-order valence-corrected chi connectivity index (χ3v) is 5.27. The van der Waals surface area contributed by atoms with Crippen LogP contribution in [-0.2, 0) is 23.9 Å². The number of aliphatic carboxylic acids is 1. The van der Waals surface area contributed by atoms with Crippen molar-refractivity contribution in [1.82, 2.24) is 10.2 Å². The molecule has 2 N–H and O–H groups in total. The number of nitrogens with zero attached hydrogens (tertiary/aromatic N) is 2. The molecule has 1 aliphatic heterocycles. The van der Waals surface area contributed by atoms with Crippen molar-refractivity contribution in [2.45, 2.75) is 97.4 Å². The Morgan fingerprint density at radius 3 is 1.70 bits per heavy atom. The fourth-order valence-corrected chi connectivity index (χ4v) is 2.40. The zero-order valence-corrected chi connectivity index (χ0v) is 26.8. The quantitative estimate of drug-likeness (QED) is 0.191. The summed E-state index contributed by atoms with van der Waals surface area (Å²) in [5.41, 5.74) is -2.64. The van der Waals surface area contributed by atoms with Crippen molar-refractivity contribution >= 4 is 72.6 Å². The van der Waals surface area contributed by atoms with Crippen LogP contribution < -0.4 is 5.32 Å². The summed E-state index contributed by atoms with van der Waals surface area (Å²) in [4.78, 5) is 48.3. The van der Waals surface area contributed by atoms with E-state index in [9.17, 15) is 19.2 Å². The number of alkyl halides is 2. The van der Waals surface area contributed by atoms with Gasteiger partial charge < -0.3 is 24.8 Å². The van der Waals surface area contributed by atoms with Crippen molar-refractivity contribution in [3.63, 3.8) is 0 Å². The Morgan fingerprint density at radius 2 is 1.57 bits per heavy atom. The lowest BCUT2D eigenvalue weighted by Gasteiger charge is -2.21. The fourth-order valence-electron chi connectivity index (χ4n) is 1.98. The van der Waals surface area contributed by atoms with Crippen molar-refractivity contribution in [1.29, 1.82) is 0 Å². The van der Waals surface area contributed by atoms with E-state index in [2.05, 4.69) is 72.6 Å². The molecule has 0 aliphatic carbocycles. The molecule has 0 saturated carbocycles. The van der Waals surface area contributed by atoms with Crippen LogP contribution in [0.2, 0.25) is 0 Å². The van der Waals surface area contributed by atoms with E-state index >= 15 is 0 Å². The molecule has 0 aromatic heterocycles. The first kappa shape index (κ1) is 42.8. The highest BCUT2D eigenvalue weighted by atomic mass is 79.9. The summed E-state index contributed by atoms with van der Waals surface area (Å²) in [6.07, 6.45) is 0. The monoisotopic (exact) mass is 681 g/mol. The highest BCUT2D eigenvalue weighted by Crippen LogP contribution is 2.21. The summed E-state index contributed by atoms with van der Waals surface area (Å²) in [5.74, 6) is -1.19. The number of hydrogen-bond acceptors (Lipinski definition) is 8. The number of cyclic esters (lactones) is 1. The number of amides is 1. The van der Waals surface area contributed by atoms with E-state index in [-0.39, 0.29) is 29.0 Å². The minimum absolute atomic E-state index is 0. The van der Waals surface area contributed by atoms with Gasteiger partial charge in [0.25, 0.3) is 0 Å². The molecule has 10 nitrogen and oxygen atoms in total. The van der Waals surface area contributed by atoms with Gasteiger partial charge in [-0.1, -0.05) is 60.1 Å².